The van der Waals surface area contributed by atoms with E-state index in [4.69, 9.17) is 9.84 Å². The lowest BCUT2D eigenvalue weighted by Crippen LogP contribution is -2.55. The summed E-state index contributed by atoms with van der Waals surface area (Å²) in [4.78, 5) is 54.1. The molecule has 6 rings (SSSR count). The Hall–Kier alpha value is -3.68. The van der Waals surface area contributed by atoms with Gasteiger partial charge >= 0.3 is 18.2 Å². The van der Waals surface area contributed by atoms with Crippen LogP contribution in [0.3, 0.4) is 0 Å². The van der Waals surface area contributed by atoms with E-state index in [0.29, 0.717) is 52.2 Å². The molecule has 0 bridgehead atoms. The Balaban J connectivity index is 0.000000417. The number of carbonyl (C=O) groups is 4. The van der Waals surface area contributed by atoms with Crippen LogP contribution in [0.2, 0.25) is 0 Å². The van der Waals surface area contributed by atoms with Crippen LogP contribution < -0.4 is 16.0 Å². The fourth-order valence-electron chi connectivity index (χ4n) is 6.62. The van der Waals surface area contributed by atoms with Crippen LogP contribution in [0.4, 0.5) is 14.4 Å². The number of ether oxygens (including phenoxy) is 1. The molecule has 3 aliphatic heterocycles. The van der Waals surface area contributed by atoms with Gasteiger partial charge in [-0.1, -0.05) is 71.2 Å². The maximum absolute atomic E-state index is 13.3. The van der Waals surface area contributed by atoms with E-state index in [1.807, 2.05) is 42.5 Å². The van der Waals surface area contributed by atoms with Gasteiger partial charge in [-0.25, -0.2) is 14.4 Å². The van der Waals surface area contributed by atoms with Gasteiger partial charge in [-0.3, -0.25) is 9.69 Å². The molecule has 1 saturated carbocycles. The lowest BCUT2D eigenvalue weighted by Gasteiger charge is -2.37. The van der Waals surface area contributed by atoms with E-state index in [2.05, 4.69) is 48.9 Å². The largest absolute Gasteiger partial charge is 0.465 e. The predicted molar refractivity (Wildman–Crippen MR) is 180 cm³/mol. The second kappa shape index (κ2) is 16.4. The number of carboxylic acid groups (broad SMARTS) is 1. The summed E-state index contributed by atoms with van der Waals surface area (Å²) in [6.07, 6.45) is 5.54. The molecule has 0 aromatic heterocycles. The predicted octanol–water partition coefficient (Wildman–Crippen LogP) is 4.71. The quantitative estimate of drug-likeness (QED) is 0.291. The highest BCUT2D eigenvalue weighted by atomic mass is 79.9. The first-order chi connectivity index (χ1) is 22.7. The second-order valence-corrected chi connectivity index (χ2v) is 13.5. The molecule has 3 heterocycles. The molecule has 2 aromatic rings. The first-order valence-electron chi connectivity index (χ1n) is 16.5. The van der Waals surface area contributed by atoms with Gasteiger partial charge < -0.3 is 35.6 Å². The molecule has 1 atom stereocenters. The maximum Gasteiger partial charge on any atom is 0.407 e. The molecule has 1 spiro atoms. The van der Waals surface area contributed by atoms with Gasteiger partial charge in [0.25, 0.3) is 5.91 Å². The van der Waals surface area contributed by atoms with Crippen molar-refractivity contribution in [3.05, 3.63) is 70.2 Å². The smallest absolute Gasteiger partial charge is 0.407 e. The van der Waals surface area contributed by atoms with Crippen molar-refractivity contribution in [1.29, 1.82) is 0 Å². The third-order valence-corrected chi connectivity index (χ3v) is 9.95. The van der Waals surface area contributed by atoms with E-state index in [0.717, 1.165) is 41.4 Å². The van der Waals surface area contributed by atoms with Gasteiger partial charge in [0, 0.05) is 43.2 Å². The highest BCUT2D eigenvalue weighted by Crippen LogP contribution is 2.31. The zero-order chi connectivity index (χ0) is 33.2. The van der Waals surface area contributed by atoms with Crippen molar-refractivity contribution in [3.63, 3.8) is 0 Å². The summed E-state index contributed by atoms with van der Waals surface area (Å²) in [7, 11) is 0. The summed E-state index contributed by atoms with van der Waals surface area (Å²) in [5, 5.41) is 17.7. The summed E-state index contributed by atoms with van der Waals surface area (Å²) >= 11 is 3.42. The average Bonchev–Trinajstić information content (AvgIpc) is 3.68. The molecular formula is C34H45BrN6O6. The number of amides is 6. The molecule has 2 aromatic carbocycles. The zero-order valence-corrected chi connectivity index (χ0v) is 28.3. The van der Waals surface area contributed by atoms with Crippen molar-refractivity contribution in [3.8, 4) is 0 Å². The molecule has 0 radical (unpaired) electrons. The Morgan fingerprint density at radius 3 is 2.26 bits per heavy atom. The minimum atomic E-state index is -0.849. The van der Waals surface area contributed by atoms with E-state index < -0.39 is 11.6 Å². The zero-order valence-electron chi connectivity index (χ0n) is 26.7. The van der Waals surface area contributed by atoms with Crippen LogP contribution in [0.15, 0.2) is 59.1 Å². The van der Waals surface area contributed by atoms with Crippen LogP contribution in [0, 0.1) is 0 Å². The van der Waals surface area contributed by atoms with Crippen molar-refractivity contribution < 1.29 is 29.0 Å². The third-order valence-electron chi connectivity index (χ3n) is 9.42. The molecule has 13 heteroatoms. The first-order valence-corrected chi connectivity index (χ1v) is 17.3. The number of rotatable bonds is 8. The number of nitrogens with zero attached hydrogens (tertiary/aromatic N) is 3. The summed E-state index contributed by atoms with van der Waals surface area (Å²) in [6.45, 7) is 4.59. The summed E-state index contributed by atoms with van der Waals surface area (Å²) in [6, 6.07) is 17.5. The van der Waals surface area contributed by atoms with Gasteiger partial charge in [0.15, 0.2) is 0 Å². The van der Waals surface area contributed by atoms with E-state index in [9.17, 15) is 19.2 Å². The van der Waals surface area contributed by atoms with Crippen LogP contribution in [-0.4, -0.2) is 101 Å². The molecule has 12 nitrogen and oxygen atoms in total. The highest BCUT2D eigenvalue weighted by Gasteiger charge is 2.52. The van der Waals surface area contributed by atoms with Crippen LogP contribution in [0.25, 0.3) is 0 Å². The normalized spacial score (nSPS) is 20.4. The van der Waals surface area contributed by atoms with Gasteiger partial charge in [0.05, 0.1) is 25.8 Å². The summed E-state index contributed by atoms with van der Waals surface area (Å²) in [5.74, 6) is -0.127. The van der Waals surface area contributed by atoms with Crippen molar-refractivity contribution in [2.45, 2.75) is 69.1 Å². The van der Waals surface area contributed by atoms with Gasteiger partial charge in [-0.05, 0) is 55.4 Å². The molecular weight excluding hydrogens is 668 g/mol. The number of halogens is 1. The second-order valence-electron chi connectivity index (χ2n) is 12.6. The minimum absolute atomic E-state index is 0.0947. The number of likely N-dealkylation sites (tertiary alicyclic amines) is 1. The number of carbonyl (C=O) groups excluding carboxylic acids is 3. The molecule has 0 unspecified atom stereocenters. The standard InChI is InChI=1S/C29H36BrN5O3.C5H9NO3/c30-23-12-10-21(11-13-23)20-35-26(36)29(33-28(35)38)15-18-34(19-16-29)17-14-25(22-6-2-1-3-7-22)32-27(37)31-24-8-4-5-9-24;7-5(8)6-1-3-9-4-2-6/h1-3,6-7,10-13,24-25H,4-5,8-9,14-20H2,(H,33,38)(H2,31,32,37);1-4H2,(H,7,8)/t25-;/m0./s1. The molecule has 6 amide bonds. The van der Waals surface area contributed by atoms with Crippen molar-refractivity contribution >= 4 is 40.0 Å². The number of hydrogen-bond acceptors (Lipinski definition) is 6. The van der Waals surface area contributed by atoms with Gasteiger partial charge in [0.1, 0.15) is 5.54 Å². The maximum atomic E-state index is 13.3. The molecule has 4 fully saturated rings. The summed E-state index contributed by atoms with van der Waals surface area (Å²) in [5.41, 5.74) is 1.19. The minimum Gasteiger partial charge on any atom is -0.465 e. The fourth-order valence-corrected chi connectivity index (χ4v) is 6.88. The first kappa shape index (κ1) is 34.6. The third kappa shape index (κ3) is 9.45. The van der Waals surface area contributed by atoms with Crippen molar-refractivity contribution in [2.24, 2.45) is 0 Å². The Kier molecular flexibility index (Phi) is 12.1. The van der Waals surface area contributed by atoms with E-state index in [1.54, 1.807) is 0 Å². The molecule has 4 aliphatic rings. The Morgan fingerprint density at radius 1 is 0.979 bits per heavy atom. The van der Waals surface area contributed by atoms with E-state index in [-0.39, 0.29) is 36.6 Å². The Labute approximate surface area is 284 Å². The molecule has 3 saturated heterocycles. The van der Waals surface area contributed by atoms with Crippen LogP contribution in [0.1, 0.15) is 62.1 Å². The molecule has 4 N–H and O–H groups in total. The number of morpholine rings is 1. The summed E-state index contributed by atoms with van der Waals surface area (Å²) < 4.78 is 5.90. The molecule has 1 aliphatic carbocycles. The van der Waals surface area contributed by atoms with Crippen LogP contribution in [-0.2, 0) is 16.1 Å². The fraction of sp³-hybridized carbons (Fsp3) is 0.529. The highest BCUT2D eigenvalue weighted by molar-refractivity contribution is 9.10. The Bertz CT molecular complexity index is 1360. The number of imide groups is 1. The molecule has 254 valence electrons. The SMILES string of the molecule is O=C(NC1CCCC1)N[C@@H](CCN1CCC2(CC1)NC(=O)N(Cc1ccc(Br)cc1)C2=O)c1ccccc1.O=C(O)N1CCOCC1. The number of urea groups is 2. The number of nitrogens with one attached hydrogen (secondary N) is 3. The van der Waals surface area contributed by atoms with Crippen LogP contribution in [0.5, 0.6) is 0 Å². The number of benzene rings is 2. The van der Waals surface area contributed by atoms with Crippen molar-refractivity contribution in [1.82, 2.24) is 30.7 Å². The topological polar surface area (TPSA) is 144 Å². The van der Waals surface area contributed by atoms with E-state index >= 15 is 0 Å². The van der Waals surface area contributed by atoms with Gasteiger partial charge in [-0.2, -0.15) is 0 Å². The lowest BCUT2D eigenvalue weighted by molar-refractivity contribution is -0.133. The average molecular weight is 714 g/mol. The van der Waals surface area contributed by atoms with Gasteiger partial charge in [0.2, 0.25) is 0 Å². The van der Waals surface area contributed by atoms with E-state index in [1.165, 1.54) is 22.6 Å². The van der Waals surface area contributed by atoms with Crippen LogP contribution >= 0.6 is 15.9 Å². The lowest BCUT2D eigenvalue weighted by atomic mass is 9.87. The van der Waals surface area contributed by atoms with Gasteiger partial charge in [-0.15, -0.1) is 0 Å². The Morgan fingerprint density at radius 2 is 1.64 bits per heavy atom. The number of piperidine rings is 1. The van der Waals surface area contributed by atoms with Crippen molar-refractivity contribution in [2.75, 3.05) is 45.9 Å². The molecule has 47 heavy (non-hydrogen) atoms. The monoisotopic (exact) mass is 712 g/mol. The number of hydrogen-bond donors (Lipinski definition) is 4.